The molecule has 0 saturated carbocycles. The third-order valence-electron chi connectivity index (χ3n) is 3.13. The molecule has 0 aliphatic carbocycles. The standard InChI is InChI=1S/C14H22N2O/c1-12(9-14-11-17-8-7-15-14)16-10-13-5-3-2-4-6-13/h2-6,12,14-16H,7-11H2,1H3. The molecule has 1 aliphatic heterocycles. The van der Waals surface area contributed by atoms with E-state index in [1.807, 2.05) is 0 Å². The zero-order valence-corrected chi connectivity index (χ0v) is 10.5. The summed E-state index contributed by atoms with van der Waals surface area (Å²) in [5.74, 6) is 0. The molecule has 2 unspecified atom stereocenters. The number of hydrogen-bond acceptors (Lipinski definition) is 3. The summed E-state index contributed by atoms with van der Waals surface area (Å²) in [6.45, 7) is 5.85. The molecule has 3 heteroatoms. The van der Waals surface area contributed by atoms with Gasteiger partial charge in [-0.15, -0.1) is 0 Å². The first-order valence-electron chi connectivity index (χ1n) is 6.43. The van der Waals surface area contributed by atoms with Crippen LogP contribution in [-0.4, -0.2) is 31.8 Å². The molecule has 1 aliphatic rings. The lowest BCUT2D eigenvalue weighted by Gasteiger charge is -2.26. The van der Waals surface area contributed by atoms with Crippen LogP contribution in [-0.2, 0) is 11.3 Å². The van der Waals surface area contributed by atoms with Crippen molar-refractivity contribution in [2.45, 2.75) is 32.0 Å². The van der Waals surface area contributed by atoms with Crippen LogP contribution >= 0.6 is 0 Å². The molecule has 0 radical (unpaired) electrons. The second-order valence-corrected chi connectivity index (χ2v) is 4.73. The Balaban J connectivity index is 1.68. The molecule has 0 amide bonds. The molecule has 94 valence electrons. The molecule has 2 N–H and O–H groups in total. The van der Waals surface area contributed by atoms with Crippen molar-refractivity contribution in [1.29, 1.82) is 0 Å². The minimum Gasteiger partial charge on any atom is -0.379 e. The van der Waals surface area contributed by atoms with Crippen LogP contribution in [0.15, 0.2) is 30.3 Å². The number of benzene rings is 1. The van der Waals surface area contributed by atoms with Crippen LogP contribution in [0.5, 0.6) is 0 Å². The van der Waals surface area contributed by atoms with Crippen LogP contribution in [0.25, 0.3) is 0 Å². The second kappa shape index (κ2) is 6.74. The summed E-state index contributed by atoms with van der Waals surface area (Å²) in [5.41, 5.74) is 1.34. The van der Waals surface area contributed by atoms with Gasteiger partial charge in [-0.2, -0.15) is 0 Å². The zero-order chi connectivity index (χ0) is 11.9. The smallest absolute Gasteiger partial charge is 0.0620 e. The minimum absolute atomic E-state index is 0.502. The Morgan fingerprint density at radius 1 is 1.41 bits per heavy atom. The average molecular weight is 234 g/mol. The quantitative estimate of drug-likeness (QED) is 0.811. The van der Waals surface area contributed by atoms with Crippen molar-refractivity contribution in [3.63, 3.8) is 0 Å². The zero-order valence-electron chi connectivity index (χ0n) is 10.5. The average Bonchev–Trinajstić information content (AvgIpc) is 2.39. The normalized spacial score (nSPS) is 22.3. The van der Waals surface area contributed by atoms with Gasteiger partial charge in [0, 0.05) is 25.2 Å². The molecule has 1 aromatic carbocycles. The van der Waals surface area contributed by atoms with Gasteiger partial charge in [0.15, 0.2) is 0 Å². The summed E-state index contributed by atoms with van der Waals surface area (Å²) in [5, 5.41) is 7.03. The van der Waals surface area contributed by atoms with Gasteiger partial charge < -0.3 is 15.4 Å². The van der Waals surface area contributed by atoms with Gasteiger partial charge in [-0.25, -0.2) is 0 Å². The van der Waals surface area contributed by atoms with E-state index in [-0.39, 0.29) is 0 Å². The van der Waals surface area contributed by atoms with E-state index in [4.69, 9.17) is 4.74 Å². The minimum atomic E-state index is 0.502. The van der Waals surface area contributed by atoms with Crippen LogP contribution in [0.2, 0.25) is 0 Å². The van der Waals surface area contributed by atoms with Crippen LogP contribution in [0.3, 0.4) is 0 Å². The summed E-state index contributed by atoms with van der Waals surface area (Å²) in [6, 6.07) is 11.5. The van der Waals surface area contributed by atoms with E-state index < -0.39 is 0 Å². The maximum Gasteiger partial charge on any atom is 0.0620 e. The second-order valence-electron chi connectivity index (χ2n) is 4.73. The lowest BCUT2D eigenvalue weighted by atomic mass is 10.1. The Bertz CT molecular complexity index is 309. The summed E-state index contributed by atoms with van der Waals surface area (Å²) in [7, 11) is 0. The summed E-state index contributed by atoms with van der Waals surface area (Å²) in [6.07, 6.45) is 1.12. The highest BCUT2D eigenvalue weighted by molar-refractivity contribution is 5.14. The van der Waals surface area contributed by atoms with Crippen LogP contribution in [0, 0.1) is 0 Å². The lowest BCUT2D eigenvalue weighted by molar-refractivity contribution is 0.0712. The van der Waals surface area contributed by atoms with E-state index in [2.05, 4.69) is 47.9 Å². The monoisotopic (exact) mass is 234 g/mol. The van der Waals surface area contributed by atoms with Gasteiger partial charge in [0.2, 0.25) is 0 Å². The first kappa shape index (κ1) is 12.6. The number of ether oxygens (including phenoxy) is 1. The van der Waals surface area contributed by atoms with Crippen LogP contribution in [0.4, 0.5) is 0 Å². The fourth-order valence-electron chi connectivity index (χ4n) is 2.17. The summed E-state index contributed by atoms with van der Waals surface area (Å²) < 4.78 is 5.46. The largest absolute Gasteiger partial charge is 0.379 e. The third kappa shape index (κ3) is 4.46. The van der Waals surface area contributed by atoms with Gasteiger partial charge >= 0.3 is 0 Å². The molecular formula is C14H22N2O. The Kier molecular flexibility index (Phi) is 4.98. The lowest BCUT2D eigenvalue weighted by Crippen LogP contribution is -2.44. The van der Waals surface area contributed by atoms with Crippen molar-refractivity contribution in [3.05, 3.63) is 35.9 Å². The predicted molar refractivity (Wildman–Crippen MR) is 70.0 cm³/mol. The summed E-state index contributed by atoms with van der Waals surface area (Å²) in [4.78, 5) is 0. The number of morpholine rings is 1. The molecule has 1 saturated heterocycles. The first-order valence-corrected chi connectivity index (χ1v) is 6.43. The van der Waals surface area contributed by atoms with Gasteiger partial charge in [-0.3, -0.25) is 0 Å². The Morgan fingerprint density at radius 2 is 2.24 bits per heavy atom. The Morgan fingerprint density at radius 3 is 2.94 bits per heavy atom. The van der Waals surface area contributed by atoms with Gasteiger partial charge in [0.25, 0.3) is 0 Å². The highest BCUT2D eigenvalue weighted by atomic mass is 16.5. The van der Waals surface area contributed by atoms with Crippen molar-refractivity contribution in [3.8, 4) is 0 Å². The molecule has 2 rings (SSSR count). The topological polar surface area (TPSA) is 33.3 Å². The molecule has 0 aromatic heterocycles. The number of nitrogens with one attached hydrogen (secondary N) is 2. The van der Waals surface area contributed by atoms with Gasteiger partial charge in [0.05, 0.1) is 13.2 Å². The first-order chi connectivity index (χ1) is 8.34. The van der Waals surface area contributed by atoms with Gasteiger partial charge in [0.1, 0.15) is 0 Å². The maximum absolute atomic E-state index is 5.46. The molecule has 17 heavy (non-hydrogen) atoms. The predicted octanol–water partition coefficient (Wildman–Crippen LogP) is 1.54. The maximum atomic E-state index is 5.46. The summed E-state index contributed by atoms with van der Waals surface area (Å²) >= 11 is 0. The van der Waals surface area contributed by atoms with E-state index in [9.17, 15) is 0 Å². The SMILES string of the molecule is CC(CC1COCCN1)NCc1ccccc1. The molecule has 0 bridgehead atoms. The molecule has 1 fully saturated rings. The molecule has 1 aromatic rings. The van der Waals surface area contributed by atoms with E-state index >= 15 is 0 Å². The van der Waals surface area contributed by atoms with Crippen LogP contribution < -0.4 is 10.6 Å². The molecule has 0 spiro atoms. The van der Waals surface area contributed by atoms with E-state index in [0.717, 1.165) is 32.7 Å². The molecule has 2 atom stereocenters. The van der Waals surface area contributed by atoms with Crippen molar-refractivity contribution >= 4 is 0 Å². The van der Waals surface area contributed by atoms with E-state index in [0.29, 0.717) is 12.1 Å². The van der Waals surface area contributed by atoms with Crippen molar-refractivity contribution in [1.82, 2.24) is 10.6 Å². The van der Waals surface area contributed by atoms with Crippen molar-refractivity contribution in [2.24, 2.45) is 0 Å². The van der Waals surface area contributed by atoms with Gasteiger partial charge in [-0.05, 0) is 18.9 Å². The van der Waals surface area contributed by atoms with E-state index in [1.54, 1.807) is 0 Å². The Labute approximate surface area is 104 Å². The van der Waals surface area contributed by atoms with E-state index in [1.165, 1.54) is 5.56 Å². The number of hydrogen-bond donors (Lipinski definition) is 2. The number of rotatable bonds is 5. The Hall–Kier alpha value is -0.900. The van der Waals surface area contributed by atoms with Crippen LogP contribution in [0.1, 0.15) is 18.9 Å². The van der Waals surface area contributed by atoms with Crippen molar-refractivity contribution < 1.29 is 4.74 Å². The molecule has 1 heterocycles. The fraction of sp³-hybridized carbons (Fsp3) is 0.571. The van der Waals surface area contributed by atoms with Gasteiger partial charge in [-0.1, -0.05) is 30.3 Å². The van der Waals surface area contributed by atoms with Crippen molar-refractivity contribution in [2.75, 3.05) is 19.8 Å². The highest BCUT2D eigenvalue weighted by Crippen LogP contribution is 2.04. The molecule has 3 nitrogen and oxygen atoms in total. The third-order valence-corrected chi connectivity index (χ3v) is 3.13. The fourth-order valence-corrected chi connectivity index (χ4v) is 2.17. The highest BCUT2D eigenvalue weighted by Gasteiger charge is 2.15. The molecular weight excluding hydrogens is 212 g/mol.